The molecule has 1 N–H and O–H groups in total. The van der Waals surface area contributed by atoms with E-state index in [1.165, 1.54) is 0 Å². The molecule has 0 aromatic carbocycles. The van der Waals surface area contributed by atoms with E-state index in [0.717, 1.165) is 0 Å². The Morgan fingerprint density at radius 3 is 2.67 bits per heavy atom. The Labute approximate surface area is 85.4 Å². The molecule has 4 nitrogen and oxygen atoms in total. The number of carbonyl (C=O) groups is 1. The van der Waals surface area contributed by atoms with Gasteiger partial charge in [-0.3, -0.25) is 9.36 Å². The molecule has 0 aliphatic heterocycles. The van der Waals surface area contributed by atoms with Gasteiger partial charge in [0, 0.05) is 6.42 Å². The SMILES string of the molecule is CCCOP(=O)(O)CCC(=O)I. The molecule has 0 saturated heterocycles. The Morgan fingerprint density at radius 1 is 1.67 bits per heavy atom. The van der Waals surface area contributed by atoms with Crippen LogP contribution in [-0.4, -0.2) is 21.5 Å². The van der Waals surface area contributed by atoms with Gasteiger partial charge in [-0.1, -0.05) is 6.92 Å². The van der Waals surface area contributed by atoms with Gasteiger partial charge in [0.2, 0.25) is 0 Å². The maximum Gasteiger partial charge on any atom is 0.328 e. The maximum absolute atomic E-state index is 11.1. The third-order valence-corrected chi connectivity index (χ3v) is 3.00. The van der Waals surface area contributed by atoms with Crippen molar-refractivity contribution in [1.29, 1.82) is 0 Å². The minimum absolute atomic E-state index is 0.0746. The molecule has 0 aromatic rings. The summed E-state index contributed by atoms with van der Waals surface area (Å²) in [6.07, 6.45) is 0.718. The van der Waals surface area contributed by atoms with Crippen LogP contribution in [0.3, 0.4) is 0 Å². The average molecular weight is 306 g/mol. The molecule has 0 aromatic heterocycles. The van der Waals surface area contributed by atoms with Crippen LogP contribution in [0.4, 0.5) is 0 Å². The Morgan fingerprint density at radius 2 is 2.25 bits per heavy atom. The molecule has 1 atom stereocenters. The van der Waals surface area contributed by atoms with Crippen LogP contribution in [0.5, 0.6) is 0 Å². The lowest BCUT2D eigenvalue weighted by atomic mass is 10.5. The van der Waals surface area contributed by atoms with Crippen molar-refractivity contribution in [2.45, 2.75) is 19.8 Å². The lowest BCUT2D eigenvalue weighted by molar-refractivity contribution is -0.109. The molecule has 1 unspecified atom stereocenters. The second-order valence-electron chi connectivity index (χ2n) is 2.30. The summed E-state index contributed by atoms with van der Waals surface area (Å²) < 4.78 is 15.6. The fourth-order valence-electron chi connectivity index (χ4n) is 0.528. The predicted octanol–water partition coefficient (Wildman–Crippen LogP) is 1.95. The first-order chi connectivity index (χ1) is 5.48. The lowest BCUT2D eigenvalue weighted by Gasteiger charge is -2.09. The Bertz CT molecular complexity index is 194. The van der Waals surface area contributed by atoms with Crippen LogP contribution in [-0.2, 0) is 13.9 Å². The highest BCUT2D eigenvalue weighted by Crippen LogP contribution is 2.42. The van der Waals surface area contributed by atoms with Crippen molar-refractivity contribution in [3.8, 4) is 0 Å². The summed E-state index contributed by atoms with van der Waals surface area (Å²) in [4.78, 5) is 19.5. The van der Waals surface area contributed by atoms with Gasteiger partial charge in [0.25, 0.3) is 0 Å². The van der Waals surface area contributed by atoms with E-state index in [1.807, 2.05) is 6.92 Å². The Kier molecular flexibility index (Phi) is 6.35. The number of halogens is 1. The molecule has 12 heavy (non-hydrogen) atoms. The molecule has 0 radical (unpaired) electrons. The highest BCUT2D eigenvalue weighted by Gasteiger charge is 2.19. The summed E-state index contributed by atoms with van der Waals surface area (Å²) in [5.74, 6) is 0. The van der Waals surface area contributed by atoms with Gasteiger partial charge in [-0.15, -0.1) is 0 Å². The van der Waals surface area contributed by atoms with Crippen LogP contribution in [0.1, 0.15) is 19.8 Å². The predicted molar refractivity (Wildman–Crippen MR) is 54.6 cm³/mol. The topological polar surface area (TPSA) is 63.6 Å². The molecule has 0 bridgehead atoms. The van der Waals surface area contributed by atoms with Gasteiger partial charge in [-0.05, 0) is 29.0 Å². The molecule has 6 heteroatoms. The molecule has 0 saturated carbocycles. The van der Waals surface area contributed by atoms with E-state index in [-0.39, 0.29) is 23.0 Å². The van der Waals surface area contributed by atoms with Crippen molar-refractivity contribution in [3.05, 3.63) is 0 Å². The zero-order valence-electron chi connectivity index (χ0n) is 6.83. The van der Waals surface area contributed by atoms with Crippen LogP contribution >= 0.6 is 30.2 Å². The third-order valence-electron chi connectivity index (χ3n) is 1.09. The fraction of sp³-hybridized carbons (Fsp3) is 0.833. The Balaban J connectivity index is 3.71. The van der Waals surface area contributed by atoms with Gasteiger partial charge in [-0.2, -0.15) is 0 Å². The lowest BCUT2D eigenvalue weighted by Crippen LogP contribution is -1.98. The van der Waals surface area contributed by atoms with Crippen LogP contribution < -0.4 is 0 Å². The van der Waals surface area contributed by atoms with Crippen molar-refractivity contribution in [2.24, 2.45) is 0 Å². The zero-order valence-corrected chi connectivity index (χ0v) is 9.88. The van der Waals surface area contributed by atoms with Crippen molar-refractivity contribution in [1.82, 2.24) is 0 Å². The van der Waals surface area contributed by atoms with Crippen molar-refractivity contribution in [3.63, 3.8) is 0 Å². The van der Waals surface area contributed by atoms with Gasteiger partial charge in [0.05, 0.1) is 12.8 Å². The van der Waals surface area contributed by atoms with Crippen molar-refractivity contribution in [2.75, 3.05) is 12.8 Å². The highest BCUT2D eigenvalue weighted by atomic mass is 127. The van der Waals surface area contributed by atoms with Crippen LogP contribution in [0.2, 0.25) is 0 Å². The van der Waals surface area contributed by atoms with E-state index in [4.69, 9.17) is 4.89 Å². The number of rotatable bonds is 6. The van der Waals surface area contributed by atoms with Gasteiger partial charge in [-0.25, -0.2) is 0 Å². The second kappa shape index (κ2) is 6.07. The fourth-order valence-corrected chi connectivity index (χ4v) is 2.31. The highest BCUT2D eigenvalue weighted by molar-refractivity contribution is 14.1. The number of hydrogen-bond donors (Lipinski definition) is 1. The van der Waals surface area contributed by atoms with Crippen molar-refractivity contribution < 1.29 is 18.8 Å². The van der Waals surface area contributed by atoms with Gasteiger partial charge >= 0.3 is 7.60 Å². The summed E-state index contributed by atoms with van der Waals surface area (Å²) in [5.41, 5.74) is 0. The van der Waals surface area contributed by atoms with Crippen LogP contribution in [0, 0.1) is 0 Å². The summed E-state index contributed by atoms with van der Waals surface area (Å²) in [7, 11) is -3.49. The zero-order chi connectivity index (χ0) is 9.61. The quantitative estimate of drug-likeness (QED) is 0.463. The summed E-state index contributed by atoms with van der Waals surface area (Å²) >= 11 is 1.59. The first-order valence-electron chi connectivity index (χ1n) is 3.62. The molecule has 0 aliphatic carbocycles. The normalized spacial score (nSPS) is 15.6. The summed E-state index contributed by atoms with van der Waals surface area (Å²) in [6, 6.07) is 0. The van der Waals surface area contributed by atoms with Gasteiger partial charge in [0.1, 0.15) is 0 Å². The molecule has 0 fully saturated rings. The van der Waals surface area contributed by atoms with E-state index in [0.29, 0.717) is 6.42 Å². The third kappa shape index (κ3) is 7.21. The maximum atomic E-state index is 11.1. The summed E-state index contributed by atoms with van der Waals surface area (Å²) in [6.45, 7) is 2.12. The van der Waals surface area contributed by atoms with E-state index < -0.39 is 7.60 Å². The average Bonchev–Trinajstić information content (AvgIpc) is 1.98. The first kappa shape index (κ1) is 12.6. The molecule has 0 amide bonds. The molecule has 0 heterocycles. The minimum atomic E-state index is -3.49. The number of carbonyl (C=O) groups excluding carboxylic acids is 1. The van der Waals surface area contributed by atoms with E-state index in [2.05, 4.69) is 4.52 Å². The standard InChI is InChI=1S/C6H12IO4P/c1-2-4-11-12(9,10)5-3-6(7)8/h2-5H2,1H3,(H,9,10). The largest absolute Gasteiger partial charge is 0.328 e. The van der Waals surface area contributed by atoms with Crippen LogP contribution in [0.25, 0.3) is 0 Å². The molecule has 0 aliphatic rings. The smallest absolute Gasteiger partial charge is 0.324 e. The number of hydrogen-bond acceptors (Lipinski definition) is 3. The monoisotopic (exact) mass is 306 g/mol. The molecule has 0 rings (SSSR count). The van der Waals surface area contributed by atoms with Crippen molar-refractivity contribution >= 4 is 34.0 Å². The molecular formula is C6H12IO4P. The summed E-state index contributed by atoms with van der Waals surface area (Å²) in [5, 5.41) is 0. The minimum Gasteiger partial charge on any atom is -0.324 e. The Hall–Kier alpha value is 0.550. The van der Waals surface area contributed by atoms with Gasteiger partial charge < -0.3 is 9.42 Å². The molecule has 72 valence electrons. The van der Waals surface area contributed by atoms with E-state index >= 15 is 0 Å². The second-order valence-corrected chi connectivity index (χ2v) is 5.48. The van der Waals surface area contributed by atoms with Crippen LogP contribution in [0.15, 0.2) is 0 Å². The molecular weight excluding hydrogens is 294 g/mol. The van der Waals surface area contributed by atoms with Gasteiger partial charge in [0.15, 0.2) is 3.79 Å². The molecule has 0 spiro atoms. The van der Waals surface area contributed by atoms with E-state index in [9.17, 15) is 9.36 Å². The van der Waals surface area contributed by atoms with E-state index in [1.54, 1.807) is 22.6 Å². The first-order valence-corrected chi connectivity index (χ1v) is 6.47.